The van der Waals surface area contributed by atoms with E-state index in [4.69, 9.17) is 9.47 Å². The average molecular weight is 641 g/mol. The van der Waals surface area contributed by atoms with Crippen molar-refractivity contribution in [2.45, 2.75) is 78.6 Å². The third-order valence-electron chi connectivity index (χ3n) is 7.05. The number of nitrogens with one attached hydrogen (secondary N) is 4. The molecule has 14 nitrogen and oxygen atoms in total. The standard InChI is InChI=1S/C32H44N6O8/c1-17(2)23(27(41)37-31(5,6)29(43)45-9)35-25(39)19-11-13-21(33-15-19)22-14-12-20(16-34-22)26(40)36-24(18(3)4)28(42)38-32(7,8)30(44)46-10/h11-18,23-24H,1-10H3,(H,35,39)(H,36,40)(H,37,41)(H,38,42)/t23-,24-/m0/s1. The van der Waals surface area contributed by atoms with E-state index in [1.807, 2.05) is 0 Å². The first-order valence-corrected chi connectivity index (χ1v) is 14.7. The summed E-state index contributed by atoms with van der Waals surface area (Å²) in [4.78, 5) is 84.3. The van der Waals surface area contributed by atoms with Crippen LogP contribution in [-0.2, 0) is 28.7 Å². The maximum Gasteiger partial charge on any atom is 0.330 e. The van der Waals surface area contributed by atoms with E-state index >= 15 is 0 Å². The van der Waals surface area contributed by atoms with Gasteiger partial charge in [-0.15, -0.1) is 0 Å². The summed E-state index contributed by atoms with van der Waals surface area (Å²) >= 11 is 0. The number of hydrogen-bond acceptors (Lipinski definition) is 10. The van der Waals surface area contributed by atoms with Gasteiger partial charge in [-0.05, 0) is 63.8 Å². The number of pyridine rings is 2. The second kappa shape index (κ2) is 15.4. The molecule has 0 saturated carbocycles. The molecule has 0 saturated heterocycles. The minimum absolute atomic E-state index is 0.193. The van der Waals surface area contributed by atoms with E-state index in [9.17, 15) is 28.8 Å². The lowest BCUT2D eigenvalue weighted by molar-refractivity contribution is -0.150. The lowest BCUT2D eigenvalue weighted by Crippen LogP contribution is -2.58. The van der Waals surface area contributed by atoms with Gasteiger partial charge in [0.15, 0.2) is 0 Å². The van der Waals surface area contributed by atoms with Crippen LogP contribution in [-0.4, -0.2) is 82.9 Å². The highest BCUT2D eigenvalue weighted by molar-refractivity contribution is 5.99. The van der Waals surface area contributed by atoms with Gasteiger partial charge >= 0.3 is 11.9 Å². The summed E-state index contributed by atoms with van der Waals surface area (Å²) in [5.74, 6) is -3.99. The third kappa shape index (κ3) is 9.56. The summed E-state index contributed by atoms with van der Waals surface area (Å²) in [7, 11) is 2.44. The molecule has 2 rings (SSSR count). The number of methoxy groups -OCH3 is 2. The van der Waals surface area contributed by atoms with Gasteiger partial charge in [0, 0.05) is 12.4 Å². The number of carbonyl (C=O) groups is 6. The Labute approximate surface area is 268 Å². The summed E-state index contributed by atoms with van der Waals surface area (Å²) in [6.07, 6.45) is 2.67. The molecule has 0 fully saturated rings. The maximum absolute atomic E-state index is 13.0. The Bertz CT molecular complexity index is 1330. The zero-order valence-corrected chi connectivity index (χ0v) is 27.9. The van der Waals surface area contributed by atoms with E-state index in [0.717, 1.165) is 0 Å². The summed E-state index contributed by atoms with van der Waals surface area (Å²) < 4.78 is 9.45. The zero-order chi connectivity index (χ0) is 35.0. The van der Waals surface area contributed by atoms with E-state index in [0.29, 0.717) is 11.4 Å². The molecule has 0 aliphatic carbocycles. The molecule has 4 amide bonds. The van der Waals surface area contributed by atoms with Crippen LogP contribution in [0.15, 0.2) is 36.7 Å². The van der Waals surface area contributed by atoms with Crippen molar-refractivity contribution in [3.8, 4) is 11.4 Å². The first-order chi connectivity index (χ1) is 21.3. The third-order valence-corrected chi connectivity index (χ3v) is 7.05. The van der Waals surface area contributed by atoms with Crippen LogP contribution < -0.4 is 21.3 Å². The number of rotatable bonds is 13. The molecule has 0 spiro atoms. The van der Waals surface area contributed by atoms with Crippen LogP contribution in [0.4, 0.5) is 0 Å². The van der Waals surface area contributed by atoms with E-state index in [1.54, 1.807) is 39.8 Å². The first-order valence-electron chi connectivity index (χ1n) is 14.7. The van der Waals surface area contributed by atoms with Gasteiger partial charge in [0.05, 0.1) is 36.7 Å². The van der Waals surface area contributed by atoms with E-state index in [2.05, 4.69) is 31.2 Å². The number of esters is 2. The maximum atomic E-state index is 13.0. The molecular weight excluding hydrogens is 596 g/mol. The molecule has 2 aromatic heterocycles. The molecule has 0 aliphatic rings. The van der Waals surface area contributed by atoms with E-state index in [-0.39, 0.29) is 23.0 Å². The zero-order valence-electron chi connectivity index (χ0n) is 27.9. The van der Waals surface area contributed by atoms with Crippen molar-refractivity contribution >= 4 is 35.6 Å². The molecule has 46 heavy (non-hydrogen) atoms. The van der Waals surface area contributed by atoms with Crippen LogP contribution in [0, 0.1) is 11.8 Å². The van der Waals surface area contributed by atoms with Gasteiger partial charge in [-0.1, -0.05) is 27.7 Å². The number of ether oxygens (including phenoxy) is 2. The smallest absolute Gasteiger partial charge is 0.330 e. The summed E-state index contributed by atoms with van der Waals surface area (Å²) in [6, 6.07) is 4.33. The Balaban J connectivity index is 2.12. The van der Waals surface area contributed by atoms with Crippen LogP contribution in [0.5, 0.6) is 0 Å². The fraction of sp³-hybridized carbons (Fsp3) is 0.500. The van der Waals surface area contributed by atoms with Crippen molar-refractivity contribution in [2.24, 2.45) is 11.8 Å². The highest BCUT2D eigenvalue weighted by atomic mass is 16.5. The highest BCUT2D eigenvalue weighted by Crippen LogP contribution is 2.17. The van der Waals surface area contributed by atoms with E-state index in [1.165, 1.54) is 66.4 Å². The predicted molar refractivity (Wildman–Crippen MR) is 168 cm³/mol. The van der Waals surface area contributed by atoms with Crippen LogP contribution in [0.1, 0.15) is 76.1 Å². The van der Waals surface area contributed by atoms with Crippen molar-refractivity contribution in [1.82, 2.24) is 31.2 Å². The van der Waals surface area contributed by atoms with Gasteiger partial charge in [0.1, 0.15) is 23.2 Å². The van der Waals surface area contributed by atoms with Gasteiger partial charge in [-0.25, -0.2) is 9.59 Å². The lowest BCUT2D eigenvalue weighted by Gasteiger charge is -2.28. The molecule has 0 aliphatic heterocycles. The molecule has 14 heteroatoms. The molecule has 4 N–H and O–H groups in total. The Morgan fingerprint density at radius 2 is 0.935 bits per heavy atom. The second-order valence-corrected chi connectivity index (χ2v) is 12.5. The van der Waals surface area contributed by atoms with Gasteiger partial charge in [0.25, 0.3) is 11.8 Å². The summed E-state index contributed by atoms with van der Waals surface area (Å²) in [5.41, 5.74) is -1.34. The van der Waals surface area contributed by atoms with E-state index < -0.39 is 58.7 Å². The average Bonchev–Trinajstić information content (AvgIpc) is 3.00. The fourth-order valence-corrected chi connectivity index (χ4v) is 4.26. The van der Waals surface area contributed by atoms with Crippen molar-refractivity contribution < 1.29 is 38.2 Å². The summed E-state index contributed by atoms with van der Waals surface area (Å²) in [5, 5.41) is 10.6. The van der Waals surface area contributed by atoms with Crippen molar-refractivity contribution in [3.05, 3.63) is 47.8 Å². The summed E-state index contributed by atoms with van der Waals surface area (Å²) in [6.45, 7) is 13.1. The molecule has 2 atom stereocenters. The van der Waals surface area contributed by atoms with Crippen molar-refractivity contribution in [1.29, 1.82) is 0 Å². The van der Waals surface area contributed by atoms with Crippen molar-refractivity contribution in [3.63, 3.8) is 0 Å². The number of aromatic nitrogens is 2. The van der Waals surface area contributed by atoms with Gasteiger partial charge < -0.3 is 30.7 Å². The second-order valence-electron chi connectivity index (χ2n) is 12.5. The van der Waals surface area contributed by atoms with Crippen LogP contribution in [0.25, 0.3) is 11.4 Å². The number of nitrogens with zero attached hydrogens (tertiary/aromatic N) is 2. The molecule has 0 unspecified atom stereocenters. The topological polar surface area (TPSA) is 195 Å². The number of carbonyl (C=O) groups excluding carboxylic acids is 6. The molecule has 0 radical (unpaired) electrons. The minimum atomic E-state index is -1.29. The minimum Gasteiger partial charge on any atom is -0.467 e. The van der Waals surface area contributed by atoms with Gasteiger partial charge in [-0.3, -0.25) is 29.1 Å². The van der Waals surface area contributed by atoms with Gasteiger partial charge in [-0.2, -0.15) is 0 Å². The molecule has 0 aromatic carbocycles. The molecular formula is C32H44N6O8. The Hall–Kier alpha value is -4.88. The monoisotopic (exact) mass is 640 g/mol. The fourth-order valence-electron chi connectivity index (χ4n) is 4.26. The largest absolute Gasteiger partial charge is 0.467 e. The predicted octanol–water partition coefficient (Wildman–Crippen LogP) is 1.79. The highest BCUT2D eigenvalue weighted by Gasteiger charge is 2.36. The van der Waals surface area contributed by atoms with Crippen LogP contribution in [0.2, 0.25) is 0 Å². The Morgan fingerprint density at radius 3 is 1.17 bits per heavy atom. The molecule has 2 aromatic rings. The SMILES string of the molecule is COC(=O)C(C)(C)NC(=O)[C@@H](NC(=O)c1ccc(-c2ccc(C(=O)N[C@H](C(=O)NC(C)(C)C(=O)OC)C(C)C)cn2)nc1)C(C)C. The normalized spacial score (nSPS) is 12.9. The Morgan fingerprint density at radius 1 is 0.609 bits per heavy atom. The molecule has 0 bridgehead atoms. The molecule has 2 heterocycles. The lowest BCUT2D eigenvalue weighted by atomic mass is 9.99. The van der Waals surface area contributed by atoms with Crippen molar-refractivity contribution in [2.75, 3.05) is 14.2 Å². The van der Waals surface area contributed by atoms with Gasteiger partial charge in [0.2, 0.25) is 11.8 Å². The van der Waals surface area contributed by atoms with Crippen LogP contribution >= 0.6 is 0 Å². The number of amides is 4. The quantitative estimate of drug-likeness (QED) is 0.234. The first kappa shape index (κ1) is 37.3. The number of hydrogen-bond donors (Lipinski definition) is 4. The van der Waals surface area contributed by atoms with Crippen LogP contribution in [0.3, 0.4) is 0 Å². The molecule has 250 valence electrons. The Kier molecular flexibility index (Phi) is 12.5.